The average Bonchev–Trinajstić information content (AvgIpc) is 2.61. The van der Waals surface area contributed by atoms with Gasteiger partial charge in [-0.3, -0.25) is 4.90 Å². The summed E-state index contributed by atoms with van der Waals surface area (Å²) in [6.45, 7) is 6.37. The summed E-state index contributed by atoms with van der Waals surface area (Å²) in [5, 5.41) is 0. The van der Waals surface area contributed by atoms with Gasteiger partial charge >= 0.3 is 0 Å². The molecule has 0 aromatic rings. The first kappa shape index (κ1) is 9.75. The third-order valence-electron chi connectivity index (χ3n) is 3.28. The van der Waals surface area contributed by atoms with Crippen LogP contribution in [0.15, 0.2) is 0 Å². The minimum absolute atomic E-state index is 0.810. The van der Waals surface area contributed by atoms with E-state index in [4.69, 9.17) is 11.6 Å². The topological polar surface area (TPSA) is 6.48 Å². The Hall–Kier alpha value is 0.210. The van der Waals surface area contributed by atoms with Crippen molar-refractivity contribution in [2.45, 2.75) is 25.3 Å². The van der Waals surface area contributed by atoms with Gasteiger partial charge in [-0.1, -0.05) is 0 Å². The molecule has 0 N–H and O–H groups in total. The van der Waals surface area contributed by atoms with Gasteiger partial charge in [0.25, 0.3) is 0 Å². The maximum absolute atomic E-state index is 5.69. The molecule has 0 aromatic carbocycles. The predicted molar refractivity (Wildman–Crippen MR) is 56.4 cm³/mol. The van der Waals surface area contributed by atoms with Crippen LogP contribution in [0.25, 0.3) is 0 Å². The zero-order chi connectivity index (χ0) is 9.10. The summed E-state index contributed by atoms with van der Waals surface area (Å²) >= 11 is 5.69. The van der Waals surface area contributed by atoms with E-state index in [1.807, 2.05) is 0 Å². The molecule has 2 saturated heterocycles. The summed E-state index contributed by atoms with van der Waals surface area (Å²) in [6.07, 6.45) is 3.97. The highest BCUT2D eigenvalue weighted by molar-refractivity contribution is 6.17. The maximum Gasteiger partial charge on any atom is 0.0235 e. The second-order valence-electron chi connectivity index (χ2n) is 4.18. The minimum Gasteiger partial charge on any atom is -0.300 e. The van der Waals surface area contributed by atoms with Crippen LogP contribution in [0.4, 0.5) is 0 Å². The van der Waals surface area contributed by atoms with E-state index < -0.39 is 0 Å². The molecule has 2 fully saturated rings. The van der Waals surface area contributed by atoms with E-state index in [2.05, 4.69) is 9.80 Å². The summed E-state index contributed by atoms with van der Waals surface area (Å²) in [5.74, 6) is 0.810. The van der Waals surface area contributed by atoms with E-state index in [1.165, 1.54) is 45.6 Å². The molecular weight excluding hydrogens is 184 g/mol. The molecule has 0 spiro atoms. The average molecular weight is 203 g/mol. The lowest BCUT2D eigenvalue weighted by atomic mass is 10.1. The van der Waals surface area contributed by atoms with Gasteiger partial charge in [-0.25, -0.2) is 0 Å². The molecule has 0 aliphatic carbocycles. The van der Waals surface area contributed by atoms with Crippen LogP contribution in [-0.2, 0) is 0 Å². The molecule has 2 aliphatic rings. The molecule has 2 heterocycles. The summed E-state index contributed by atoms with van der Waals surface area (Å²) in [6, 6.07) is 0.865. The Morgan fingerprint density at radius 1 is 1.23 bits per heavy atom. The van der Waals surface area contributed by atoms with Crippen LogP contribution < -0.4 is 0 Å². The third kappa shape index (κ3) is 2.36. The minimum atomic E-state index is 0.810. The molecule has 13 heavy (non-hydrogen) atoms. The van der Waals surface area contributed by atoms with Crippen molar-refractivity contribution in [1.82, 2.24) is 9.80 Å². The third-order valence-corrected chi connectivity index (χ3v) is 3.55. The lowest BCUT2D eigenvalue weighted by Crippen LogP contribution is -2.50. The first-order valence-corrected chi connectivity index (χ1v) is 5.96. The second kappa shape index (κ2) is 4.63. The SMILES string of the molecule is ClCCCN1CCN2CCC[C@H]2C1. The largest absolute Gasteiger partial charge is 0.300 e. The molecule has 2 aliphatic heterocycles. The Balaban J connectivity index is 1.76. The molecule has 0 bridgehead atoms. The summed E-state index contributed by atoms with van der Waals surface area (Å²) < 4.78 is 0. The van der Waals surface area contributed by atoms with Gasteiger partial charge in [0, 0.05) is 31.6 Å². The van der Waals surface area contributed by atoms with Gasteiger partial charge in [0.1, 0.15) is 0 Å². The molecule has 0 unspecified atom stereocenters. The summed E-state index contributed by atoms with van der Waals surface area (Å²) in [7, 11) is 0. The normalized spacial score (nSPS) is 30.7. The van der Waals surface area contributed by atoms with Gasteiger partial charge in [0.2, 0.25) is 0 Å². The van der Waals surface area contributed by atoms with Gasteiger partial charge in [0.15, 0.2) is 0 Å². The zero-order valence-corrected chi connectivity index (χ0v) is 8.97. The zero-order valence-electron chi connectivity index (χ0n) is 8.21. The van der Waals surface area contributed by atoms with E-state index in [0.717, 1.165) is 18.3 Å². The van der Waals surface area contributed by atoms with Crippen LogP contribution in [0.1, 0.15) is 19.3 Å². The van der Waals surface area contributed by atoms with Crippen molar-refractivity contribution in [2.75, 3.05) is 38.6 Å². The van der Waals surface area contributed by atoms with Crippen LogP contribution in [0.5, 0.6) is 0 Å². The van der Waals surface area contributed by atoms with Crippen LogP contribution in [0.2, 0.25) is 0 Å². The van der Waals surface area contributed by atoms with Crippen molar-refractivity contribution >= 4 is 11.6 Å². The Morgan fingerprint density at radius 2 is 2.15 bits per heavy atom. The van der Waals surface area contributed by atoms with Crippen molar-refractivity contribution in [3.8, 4) is 0 Å². The number of rotatable bonds is 3. The Labute approximate surface area is 85.8 Å². The molecule has 0 radical (unpaired) electrons. The number of fused-ring (bicyclic) bond motifs is 1. The van der Waals surface area contributed by atoms with Gasteiger partial charge in [-0.15, -0.1) is 11.6 Å². The second-order valence-corrected chi connectivity index (χ2v) is 4.55. The monoisotopic (exact) mass is 202 g/mol. The highest BCUT2D eigenvalue weighted by atomic mass is 35.5. The Bertz CT molecular complexity index is 163. The molecular formula is C10H19ClN2. The predicted octanol–water partition coefficient (Wildman–Crippen LogP) is 1.40. The van der Waals surface area contributed by atoms with E-state index in [0.29, 0.717) is 0 Å². The van der Waals surface area contributed by atoms with E-state index in [9.17, 15) is 0 Å². The molecule has 1 atom stereocenters. The van der Waals surface area contributed by atoms with Crippen LogP contribution >= 0.6 is 11.6 Å². The van der Waals surface area contributed by atoms with Gasteiger partial charge in [-0.05, 0) is 32.4 Å². The van der Waals surface area contributed by atoms with Gasteiger partial charge < -0.3 is 4.90 Å². The number of piperazine rings is 1. The molecule has 0 saturated carbocycles. The fourth-order valence-electron chi connectivity index (χ4n) is 2.54. The fourth-order valence-corrected chi connectivity index (χ4v) is 2.66. The van der Waals surface area contributed by atoms with Gasteiger partial charge in [-0.2, -0.15) is 0 Å². The lowest BCUT2D eigenvalue weighted by molar-refractivity contribution is 0.105. The van der Waals surface area contributed by atoms with Crippen LogP contribution in [0.3, 0.4) is 0 Å². The quantitative estimate of drug-likeness (QED) is 0.639. The first-order chi connectivity index (χ1) is 6.40. The van der Waals surface area contributed by atoms with Gasteiger partial charge in [0.05, 0.1) is 0 Å². The number of nitrogens with zero attached hydrogens (tertiary/aromatic N) is 2. The molecule has 3 heteroatoms. The van der Waals surface area contributed by atoms with Crippen molar-refractivity contribution in [3.05, 3.63) is 0 Å². The fraction of sp³-hybridized carbons (Fsp3) is 1.00. The number of hydrogen-bond donors (Lipinski definition) is 0. The lowest BCUT2D eigenvalue weighted by Gasteiger charge is -2.37. The molecule has 2 nitrogen and oxygen atoms in total. The van der Waals surface area contributed by atoms with Crippen LogP contribution in [-0.4, -0.2) is 54.4 Å². The van der Waals surface area contributed by atoms with Crippen molar-refractivity contribution in [2.24, 2.45) is 0 Å². The van der Waals surface area contributed by atoms with E-state index in [1.54, 1.807) is 0 Å². The highest BCUT2D eigenvalue weighted by Gasteiger charge is 2.29. The molecule has 0 aromatic heterocycles. The number of halogens is 1. The van der Waals surface area contributed by atoms with Crippen molar-refractivity contribution in [3.63, 3.8) is 0 Å². The highest BCUT2D eigenvalue weighted by Crippen LogP contribution is 2.21. The van der Waals surface area contributed by atoms with E-state index in [-0.39, 0.29) is 0 Å². The first-order valence-electron chi connectivity index (χ1n) is 5.42. The number of hydrogen-bond acceptors (Lipinski definition) is 2. The molecule has 2 rings (SSSR count). The summed E-state index contributed by atoms with van der Waals surface area (Å²) in [5.41, 5.74) is 0. The maximum atomic E-state index is 5.69. The van der Waals surface area contributed by atoms with Crippen LogP contribution in [0, 0.1) is 0 Å². The smallest absolute Gasteiger partial charge is 0.0235 e. The Kier molecular flexibility index (Phi) is 3.47. The summed E-state index contributed by atoms with van der Waals surface area (Å²) in [4.78, 5) is 5.23. The molecule has 0 amide bonds. The molecule has 76 valence electrons. The van der Waals surface area contributed by atoms with Crippen molar-refractivity contribution < 1.29 is 0 Å². The van der Waals surface area contributed by atoms with Crippen molar-refractivity contribution in [1.29, 1.82) is 0 Å². The standard InChI is InChI=1S/C10H19ClN2/c11-4-2-5-12-7-8-13-6-1-3-10(13)9-12/h10H,1-9H2/t10-/m0/s1. The Morgan fingerprint density at radius 3 is 3.00 bits per heavy atom. The van der Waals surface area contributed by atoms with E-state index >= 15 is 0 Å². The number of alkyl halides is 1.